The lowest BCUT2D eigenvalue weighted by atomic mass is 10.0. The maximum Gasteiger partial charge on any atom is 0.269 e. The van der Waals surface area contributed by atoms with E-state index in [1.165, 1.54) is 0 Å². The Morgan fingerprint density at radius 2 is 1.61 bits per heavy atom. The zero-order valence-electron chi connectivity index (χ0n) is 17.8. The van der Waals surface area contributed by atoms with Crippen molar-refractivity contribution in [1.29, 1.82) is 0 Å². The van der Waals surface area contributed by atoms with E-state index in [-0.39, 0.29) is 12.3 Å². The molecule has 7 nitrogen and oxygen atoms in total. The van der Waals surface area contributed by atoms with Crippen LogP contribution in [-0.4, -0.2) is 37.9 Å². The number of anilines is 1. The Morgan fingerprint density at radius 3 is 2.39 bits per heavy atom. The van der Waals surface area contributed by atoms with Gasteiger partial charge in [-0.25, -0.2) is 0 Å². The number of hydrogen-bond donors (Lipinski definition) is 3. The minimum Gasteiger partial charge on any atom is -0.378 e. The third-order valence-electron chi connectivity index (χ3n) is 4.93. The molecule has 160 valence electrons. The standard InChI is InChI=1S/C24H26N4O3/c1-16(23(30)26-27-24(31)19-11-7-12-20(14-19)28(2)3)25-22(29)15-18-10-6-9-17-8-4-5-13-21(17)18/h4-14,16H,15H2,1-3H3,(H,25,29)(H,26,30)(H,27,31)/t16-/m0/s1. The predicted molar refractivity (Wildman–Crippen MR) is 122 cm³/mol. The van der Waals surface area contributed by atoms with Gasteiger partial charge in [0.2, 0.25) is 5.91 Å². The molecule has 3 aromatic carbocycles. The fourth-order valence-corrected chi connectivity index (χ4v) is 3.20. The molecule has 0 aliphatic rings. The van der Waals surface area contributed by atoms with Gasteiger partial charge in [-0.3, -0.25) is 25.2 Å². The van der Waals surface area contributed by atoms with Crippen LogP contribution < -0.4 is 21.1 Å². The number of amides is 3. The molecule has 0 spiro atoms. The molecule has 0 saturated carbocycles. The van der Waals surface area contributed by atoms with Gasteiger partial charge in [-0.05, 0) is 41.5 Å². The van der Waals surface area contributed by atoms with Crippen LogP contribution in [0.1, 0.15) is 22.8 Å². The van der Waals surface area contributed by atoms with Crippen LogP contribution in [0.3, 0.4) is 0 Å². The molecular formula is C24H26N4O3. The summed E-state index contributed by atoms with van der Waals surface area (Å²) in [7, 11) is 3.75. The minimum atomic E-state index is -0.809. The van der Waals surface area contributed by atoms with Gasteiger partial charge >= 0.3 is 0 Å². The summed E-state index contributed by atoms with van der Waals surface area (Å²) >= 11 is 0. The van der Waals surface area contributed by atoms with Crippen molar-refractivity contribution < 1.29 is 14.4 Å². The zero-order valence-corrected chi connectivity index (χ0v) is 17.8. The van der Waals surface area contributed by atoms with E-state index in [0.717, 1.165) is 22.0 Å². The number of nitrogens with zero attached hydrogens (tertiary/aromatic N) is 1. The van der Waals surface area contributed by atoms with E-state index in [1.807, 2.05) is 67.5 Å². The normalized spacial score (nSPS) is 11.5. The summed E-state index contributed by atoms with van der Waals surface area (Å²) in [6.45, 7) is 1.56. The van der Waals surface area contributed by atoms with Crippen molar-refractivity contribution in [3.05, 3.63) is 77.9 Å². The first-order valence-electron chi connectivity index (χ1n) is 9.98. The zero-order chi connectivity index (χ0) is 22.4. The maximum atomic E-state index is 12.4. The Labute approximate surface area is 181 Å². The summed E-state index contributed by atoms with van der Waals surface area (Å²) in [5.74, 6) is -1.22. The number of hydrazine groups is 1. The average Bonchev–Trinajstić information content (AvgIpc) is 2.77. The lowest BCUT2D eigenvalue weighted by Gasteiger charge is -2.16. The lowest BCUT2D eigenvalue weighted by molar-refractivity contribution is -0.128. The molecular weight excluding hydrogens is 392 g/mol. The Balaban J connectivity index is 1.53. The van der Waals surface area contributed by atoms with Crippen molar-refractivity contribution in [3.63, 3.8) is 0 Å². The summed E-state index contributed by atoms with van der Waals surface area (Å²) < 4.78 is 0. The highest BCUT2D eigenvalue weighted by molar-refractivity contribution is 5.97. The fourth-order valence-electron chi connectivity index (χ4n) is 3.20. The Morgan fingerprint density at radius 1 is 0.903 bits per heavy atom. The van der Waals surface area contributed by atoms with Crippen molar-refractivity contribution in [2.75, 3.05) is 19.0 Å². The van der Waals surface area contributed by atoms with Gasteiger partial charge in [0.25, 0.3) is 11.8 Å². The summed E-state index contributed by atoms with van der Waals surface area (Å²) in [4.78, 5) is 38.9. The van der Waals surface area contributed by atoms with Gasteiger partial charge in [-0.15, -0.1) is 0 Å². The molecule has 0 radical (unpaired) electrons. The number of benzene rings is 3. The molecule has 0 aliphatic heterocycles. The van der Waals surface area contributed by atoms with Gasteiger partial charge in [0.05, 0.1) is 6.42 Å². The molecule has 0 heterocycles. The summed E-state index contributed by atoms with van der Waals surface area (Å²) in [6.07, 6.45) is 0.155. The van der Waals surface area contributed by atoms with Crippen molar-refractivity contribution in [1.82, 2.24) is 16.2 Å². The number of nitrogens with one attached hydrogen (secondary N) is 3. The molecule has 1 atom stereocenters. The monoisotopic (exact) mass is 418 g/mol. The molecule has 3 rings (SSSR count). The molecule has 3 aromatic rings. The molecule has 3 amide bonds. The quantitative estimate of drug-likeness (QED) is 0.536. The number of carbonyl (C=O) groups is 3. The highest BCUT2D eigenvalue weighted by Crippen LogP contribution is 2.19. The van der Waals surface area contributed by atoms with E-state index < -0.39 is 17.9 Å². The summed E-state index contributed by atoms with van der Waals surface area (Å²) in [5, 5.41) is 4.73. The second-order valence-electron chi connectivity index (χ2n) is 7.49. The van der Waals surface area contributed by atoms with Crippen molar-refractivity contribution in [3.8, 4) is 0 Å². The van der Waals surface area contributed by atoms with E-state index in [0.29, 0.717) is 5.56 Å². The van der Waals surface area contributed by atoms with Crippen LogP contribution in [-0.2, 0) is 16.0 Å². The molecule has 0 fully saturated rings. The first kappa shape index (κ1) is 21.8. The highest BCUT2D eigenvalue weighted by Gasteiger charge is 2.17. The van der Waals surface area contributed by atoms with Gasteiger partial charge in [-0.2, -0.15) is 0 Å². The average molecular weight is 418 g/mol. The van der Waals surface area contributed by atoms with Crippen LogP contribution in [0, 0.1) is 0 Å². The Hall–Kier alpha value is -3.87. The first-order chi connectivity index (χ1) is 14.8. The Bertz CT molecular complexity index is 1110. The van der Waals surface area contributed by atoms with Gasteiger partial charge in [0, 0.05) is 25.3 Å². The second-order valence-corrected chi connectivity index (χ2v) is 7.49. The maximum absolute atomic E-state index is 12.4. The first-order valence-corrected chi connectivity index (χ1v) is 9.98. The molecule has 0 unspecified atom stereocenters. The van der Waals surface area contributed by atoms with Crippen molar-refractivity contribution >= 4 is 34.2 Å². The fraction of sp³-hybridized carbons (Fsp3) is 0.208. The number of rotatable bonds is 6. The number of carbonyl (C=O) groups excluding carboxylic acids is 3. The molecule has 7 heteroatoms. The molecule has 0 aromatic heterocycles. The van der Waals surface area contributed by atoms with Crippen LogP contribution >= 0.6 is 0 Å². The van der Waals surface area contributed by atoms with E-state index in [4.69, 9.17) is 0 Å². The molecule has 0 aliphatic carbocycles. The van der Waals surface area contributed by atoms with Gasteiger partial charge in [-0.1, -0.05) is 48.5 Å². The SMILES string of the molecule is C[C@H](NC(=O)Cc1cccc2ccccc12)C(=O)NNC(=O)c1cccc(N(C)C)c1. The molecule has 3 N–H and O–H groups in total. The molecule has 0 bridgehead atoms. The number of fused-ring (bicyclic) bond motifs is 1. The lowest BCUT2D eigenvalue weighted by Crippen LogP contribution is -2.51. The van der Waals surface area contributed by atoms with E-state index >= 15 is 0 Å². The minimum absolute atomic E-state index is 0.155. The van der Waals surface area contributed by atoms with E-state index in [1.54, 1.807) is 25.1 Å². The van der Waals surface area contributed by atoms with Crippen molar-refractivity contribution in [2.45, 2.75) is 19.4 Å². The van der Waals surface area contributed by atoms with Crippen LogP contribution in [0.2, 0.25) is 0 Å². The third-order valence-corrected chi connectivity index (χ3v) is 4.93. The largest absolute Gasteiger partial charge is 0.378 e. The number of hydrogen-bond acceptors (Lipinski definition) is 4. The predicted octanol–water partition coefficient (Wildman–Crippen LogP) is 2.41. The molecule has 31 heavy (non-hydrogen) atoms. The van der Waals surface area contributed by atoms with Crippen molar-refractivity contribution in [2.24, 2.45) is 0 Å². The van der Waals surface area contributed by atoms with Crippen LogP contribution in [0.4, 0.5) is 5.69 Å². The summed E-state index contributed by atoms with van der Waals surface area (Å²) in [6, 6.07) is 19.8. The van der Waals surface area contributed by atoms with Crippen LogP contribution in [0.15, 0.2) is 66.7 Å². The van der Waals surface area contributed by atoms with E-state index in [9.17, 15) is 14.4 Å². The smallest absolute Gasteiger partial charge is 0.269 e. The van der Waals surface area contributed by atoms with Gasteiger partial charge in [0.1, 0.15) is 6.04 Å². The third kappa shape index (κ3) is 5.60. The van der Waals surface area contributed by atoms with Crippen LogP contribution in [0.25, 0.3) is 10.8 Å². The van der Waals surface area contributed by atoms with Gasteiger partial charge in [0.15, 0.2) is 0 Å². The summed E-state index contributed by atoms with van der Waals surface area (Å²) in [5.41, 5.74) is 6.92. The Kier molecular flexibility index (Phi) is 6.87. The molecule has 0 saturated heterocycles. The van der Waals surface area contributed by atoms with Crippen LogP contribution in [0.5, 0.6) is 0 Å². The van der Waals surface area contributed by atoms with E-state index in [2.05, 4.69) is 16.2 Å². The topological polar surface area (TPSA) is 90.5 Å². The highest BCUT2D eigenvalue weighted by atomic mass is 16.2. The second kappa shape index (κ2) is 9.75. The van der Waals surface area contributed by atoms with Gasteiger partial charge < -0.3 is 10.2 Å².